The lowest BCUT2D eigenvalue weighted by molar-refractivity contribution is 0.158. The lowest BCUT2D eigenvalue weighted by Crippen LogP contribution is -2.42. The molecule has 1 fully saturated rings. The fraction of sp³-hybridized carbons (Fsp3) is 0.875. The standard InChI is InChI=1S/C8H16N2O5S/c1-2-15-8(12)9-16(13,14)10-4-3-7(5-10)6-11/h7,11H,2-6H2,1H3,(H,9,12). The second kappa shape index (κ2) is 5.46. The molecule has 1 unspecified atom stereocenters. The summed E-state index contributed by atoms with van der Waals surface area (Å²) in [7, 11) is -3.83. The number of aliphatic hydroxyl groups excluding tert-OH is 1. The molecule has 1 aliphatic heterocycles. The topological polar surface area (TPSA) is 95.9 Å². The summed E-state index contributed by atoms with van der Waals surface area (Å²) in [6, 6.07) is 0. The normalized spacial score (nSPS) is 22.0. The van der Waals surface area contributed by atoms with Crippen LogP contribution in [0.15, 0.2) is 0 Å². The smallest absolute Gasteiger partial charge is 0.421 e. The van der Waals surface area contributed by atoms with Gasteiger partial charge in [-0.25, -0.2) is 9.52 Å². The van der Waals surface area contributed by atoms with Gasteiger partial charge in [-0.1, -0.05) is 0 Å². The highest BCUT2D eigenvalue weighted by Gasteiger charge is 2.32. The van der Waals surface area contributed by atoms with Gasteiger partial charge in [-0.05, 0) is 19.3 Å². The zero-order valence-corrected chi connectivity index (χ0v) is 9.87. The summed E-state index contributed by atoms with van der Waals surface area (Å²) in [6.07, 6.45) is -0.379. The average Bonchev–Trinajstić information content (AvgIpc) is 2.65. The number of aliphatic hydroxyl groups is 1. The molecule has 8 heteroatoms. The van der Waals surface area contributed by atoms with Crippen LogP contribution in [0.1, 0.15) is 13.3 Å². The molecule has 0 aromatic rings. The van der Waals surface area contributed by atoms with Crippen molar-refractivity contribution < 1.29 is 23.1 Å². The van der Waals surface area contributed by atoms with E-state index in [1.165, 1.54) is 0 Å². The van der Waals surface area contributed by atoms with Crippen LogP contribution >= 0.6 is 0 Å². The zero-order chi connectivity index (χ0) is 12.2. The number of rotatable bonds is 4. The van der Waals surface area contributed by atoms with Crippen LogP contribution < -0.4 is 4.72 Å². The fourth-order valence-electron chi connectivity index (χ4n) is 1.49. The van der Waals surface area contributed by atoms with E-state index < -0.39 is 16.3 Å². The molecule has 0 bridgehead atoms. The van der Waals surface area contributed by atoms with E-state index in [0.717, 1.165) is 4.31 Å². The van der Waals surface area contributed by atoms with Crippen molar-refractivity contribution in [3.8, 4) is 0 Å². The summed E-state index contributed by atoms with van der Waals surface area (Å²) in [5.41, 5.74) is 0. The van der Waals surface area contributed by atoms with E-state index in [2.05, 4.69) is 4.74 Å². The van der Waals surface area contributed by atoms with E-state index in [4.69, 9.17) is 5.11 Å². The van der Waals surface area contributed by atoms with Gasteiger partial charge in [0.15, 0.2) is 0 Å². The van der Waals surface area contributed by atoms with E-state index in [1.54, 1.807) is 11.6 Å². The largest absolute Gasteiger partial charge is 0.449 e. The summed E-state index contributed by atoms with van der Waals surface area (Å²) in [5.74, 6) is -0.0567. The summed E-state index contributed by atoms with van der Waals surface area (Å²) in [4.78, 5) is 11.0. The zero-order valence-electron chi connectivity index (χ0n) is 9.05. The van der Waals surface area contributed by atoms with Crippen molar-refractivity contribution in [3.05, 3.63) is 0 Å². The number of ether oxygens (including phenoxy) is 1. The highest BCUT2D eigenvalue weighted by Crippen LogP contribution is 2.17. The predicted molar refractivity (Wildman–Crippen MR) is 55.8 cm³/mol. The molecule has 0 aromatic carbocycles. The van der Waals surface area contributed by atoms with Crippen LogP contribution in [-0.2, 0) is 14.9 Å². The number of carbonyl (C=O) groups excluding carboxylic acids is 1. The molecule has 1 rings (SSSR count). The molecular formula is C8H16N2O5S. The van der Waals surface area contributed by atoms with Crippen molar-refractivity contribution in [2.24, 2.45) is 5.92 Å². The molecule has 1 aliphatic rings. The van der Waals surface area contributed by atoms with Gasteiger partial charge in [-0.15, -0.1) is 0 Å². The third kappa shape index (κ3) is 3.32. The highest BCUT2D eigenvalue weighted by atomic mass is 32.2. The number of amides is 1. The van der Waals surface area contributed by atoms with E-state index in [9.17, 15) is 13.2 Å². The average molecular weight is 252 g/mol. The van der Waals surface area contributed by atoms with Gasteiger partial charge in [-0.2, -0.15) is 12.7 Å². The quantitative estimate of drug-likeness (QED) is 0.689. The highest BCUT2D eigenvalue weighted by molar-refractivity contribution is 7.87. The van der Waals surface area contributed by atoms with Crippen LogP contribution in [-0.4, -0.2) is 50.2 Å². The molecule has 0 saturated carbocycles. The molecule has 1 atom stereocenters. The monoisotopic (exact) mass is 252 g/mol. The van der Waals surface area contributed by atoms with E-state index in [-0.39, 0.29) is 25.7 Å². The molecule has 94 valence electrons. The van der Waals surface area contributed by atoms with E-state index >= 15 is 0 Å². The fourth-order valence-corrected chi connectivity index (χ4v) is 2.65. The minimum Gasteiger partial charge on any atom is -0.449 e. The Balaban J connectivity index is 2.55. The molecule has 7 nitrogen and oxygen atoms in total. The number of nitrogens with one attached hydrogen (secondary N) is 1. The first-order valence-electron chi connectivity index (χ1n) is 5.05. The summed E-state index contributed by atoms with van der Waals surface area (Å²) in [5, 5.41) is 8.88. The lowest BCUT2D eigenvalue weighted by atomic mass is 10.1. The molecule has 0 aromatic heterocycles. The van der Waals surface area contributed by atoms with Crippen LogP contribution in [0.3, 0.4) is 0 Å². The first kappa shape index (κ1) is 13.2. The SMILES string of the molecule is CCOC(=O)NS(=O)(=O)N1CCC(CO)C1. The van der Waals surface area contributed by atoms with Crippen LogP contribution in [0.25, 0.3) is 0 Å². The summed E-state index contributed by atoms with van der Waals surface area (Å²) in [6.45, 7) is 2.18. The summed E-state index contributed by atoms with van der Waals surface area (Å²) < 4.78 is 30.6. The molecular weight excluding hydrogens is 236 g/mol. The second-order valence-electron chi connectivity index (χ2n) is 3.52. The molecule has 0 radical (unpaired) electrons. The maximum absolute atomic E-state index is 11.6. The van der Waals surface area contributed by atoms with Gasteiger partial charge in [-0.3, -0.25) is 0 Å². The van der Waals surface area contributed by atoms with Crippen LogP contribution in [0.4, 0.5) is 4.79 Å². The van der Waals surface area contributed by atoms with Gasteiger partial charge in [0.2, 0.25) is 0 Å². The van der Waals surface area contributed by atoms with Crippen molar-refractivity contribution >= 4 is 16.3 Å². The number of hydrogen-bond acceptors (Lipinski definition) is 5. The molecule has 1 heterocycles. The Morgan fingerprint density at radius 1 is 1.62 bits per heavy atom. The van der Waals surface area contributed by atoms with Crippen LogP contribution in [0, 0.1) is 5.92 Å². The van der Waals surface area contributed by atoms with Crippen LogP contribution in [0.2, 0.25) is 0 Å². The Hall–Kier alpha value is -0.860. The van der Waals surface area contributed by atoms with Gasteiger partial charge in [0, 0.05) is 19.7 Å². The third-order valence-electron chi connectivity index (χ3n) is 2.33. The Labute approximate surface area is 94.6 Å². The lowest BCUT2D eigenvalue weighted by Gasteiger charge is -2.16. The van der Waals surface area contributed by atoms with E-state index in [1.807, 2.05) is 0 Å². The van der Waals surface area contributed by atoms with Crippen molar-refractivity contribution in [1.82, 2.24) is 9.03 Å². The Kier molecular flexibility index (Phi) is 4.51. The van der Waals surface area contributed by atoms with Crippen LogP contribution in [0.5, 0.6) is 0 Å². The Bertz CT molecular complexity index is 342. The minimum absolute atomic E-state index is 0.0502. The van der Waals surface area contributed by atoms with Gasteiger partial charge in [0.25, 0.3) is 0 Å². The molecule has 1 saturated heterocycles. The van der Waals surface area contributed by atoms with Crippen molar-refractivity contribution in [3.63, 3.8) is 0 Å². The van der Waals surface area contributed by atoms with Crippen molar-refractivity contribution in [2.75, 3.05) is 26.3 Å². The number of hydrogen-bond donors (Lipinski definition) is 2. The first-order chi connectivity index (χ1) is 7.49. The molecule has 0 aliphatic carbocycles. The third-order valence-corrected chi connectivity index (χ3v) is 3.77. The van der Waals surface area contributed by atoms with E-state index in [0.29, 0.717) is 13.0 Å². The Morgan fingerprint density at radius 2 is 2.31 bits per heavy atom. The molecule has 16 heavy (non-hydrogen) atoms. The van der Waals surface area contributed by atoms with Gasteiger partial charge >= 0.3 is 16.3 Å². The minimum atomic E-state index is -3.83. The number of nitrogens with zero attached hydrogens (tertiary/aromatic N) is 1. The van der Waals surface area contributed by atoms with Gasteiger partial charge < -0.3 is 9.84 Å². The molecule has 1 amide bonds. The first-order valence-corrected chi connectivity index (χ1v) is 6.49. The van der Waals surface area contributed by atoms with Crippen molar-refractivity contribution in [2.45, 2.75) is 13.3 Å². The second-order valence-corrected chi connectivity index (χ2v) is 5.19. The maximum Gasteiger partial charge on any atom is 0.421 e. The maximum atomic E-state index is 11.6. The van der Waals surface area contributed by atoms with Gasteiger partial charge in [0.1, 0.15) is 0 Å². The van der Waals surface area contributed by atoms with Gasteiger partial charge in [0.05, 0.1) is 6.61 Å². The summed E-state index contributed by atoms with van der Waals surface area (Å²) >= 11 is 0. The molecule has 0 spiro atoms. The Morgan fingerprint density at radius 3 is 2.81 bits per heavy atom. The predicted octanol–water partition coefficient (Wildman–Crippen LogP) is -0.708. The number of carbonyl (C=O) groups is 1. The molecule has 2 N–H and O–H groups in total. The van der Waals surface area contributed by atoms with Crippen molar-refractivity contribution in [1.29, 1.82) is 0 Å².